The molecule has 0 spiro atoms. The smallest absolute Gasteiger partial charge is 0.224 e. The number of halogens is 1. The third-order valence-corrected chi connectivity index (χ3v) is 4.32. The first kappa shape index (κ1) is 14.2. The molecule has 1 saturated heterocycles. The number of carbonyl (C=O) groups excluding carboxylic acids is 1. The number of amides is 1. The zero-order valence-corrected chi connectivity index (χ0v) is 11.9. The molecular weight excluding hydrogens is 264 g/mol. The molecule has 4 nitrogen and oxygen atoms in total. The van der Waals surface area contributed by atoms with Crippen LogP contribution in [-0.2, 0) is 4.79 Å². The van der Waals surface area contributed by atoms with Crippen LogP contribution in [0.4, 0.5) is 0 Å². The number of hydrogen-bond acceptors (Lipinski definition) is 3. The molecule has 0 bridgehead atoms. The molecule has 1 fully saturated rings. The number of benzene rings is 1. The Hall–Kier alpha value is -1.26. The van der Waals surface area contributed by atoms with E-state index in [-0.39, 0.29) is 17.7 Å². The number of nitrogens with two attached hydrogens (primary N) is 1. The highest BCUT2D eigenvalue weighted by Crippen LogP contribution is 2.37. The van der Waals surface area contributed by atoms with Gasteiger partial charge in [-0.15, -0.1) is 0 Å². The molecule has 1 aliphatic rings. The van der Waals surface area contributed by atoms with Crippen LogP contribution in [0.15, 0.2) is 18.2 Å². The number of phenols is 1. The monoisotopic (exact) mass is 282 g/mol. The van der Waals surface area contributed by atoms with Gasteiger partial charge < -0.3 is 10.8 Å². The summed E-state index contributed by atoms with van der Waals surface area (Å²) in [7, 11) is 0. The third-order valence-electron chi connectivity index (χ3n) is 4.09. The summed E-state index contributed by atoms with van der Waals surface area (Å²) in [5.41, 5.74) is 5.75. The second-order valence-electron chi connectivity index (χ2n) is 5.52. The lowest BCUT2D eigenvalue weighted by Crippen LogP contribution is -2.37. The predicted molar refractivity (Wildman–Crippen MR) is 75.0 cm³/mol. The summed E-state index contributed by atoms with van der Waals surface area (Å²) in [6, 6.07) is 5.02. The number of nitrogens with zero attached hydrogens (tertiary/aromatic N) is 1. The van der Waals surface area contributed by atoms with Gasteiger partial charge in [-0.05, 0) is 45.0 Å². The van der Waals surface area contributed by atoms with Crippen LogP contribution in [-0.4, -0.2) is 29.0 Å². The highest BCUT2D eigenvalue weighted by Gasteiger charge is 2.40. The first-order valence-corrected chi connectivity index (χ1v) is 6.74. The Kier molecular flexibility index (Phi) is 3.74. The topological polar surface area (TPSA) is 66.6 Å². The van der Waals surface area contributed by atoms with E-state index in [0.717, 1.165) is 18.5 Å². The van der Waals surface area contributed by atoms with Crippen molar-refractivity contribution in [3.63, 3.8) is 0 Å². The van der Waals surface area contributed by atoms with E-state index in [1.54, 1.807) is 18.2 Å². The third kappa shape index (κ3) is 2.69. The normalized spacial score (nSPS) is 25.4. The first-order valence-electron chi connectivity index (χ1n) is 6.36. The largest absolute Gasteiger partial charge is 0.508 e. The van der Waals surface area contributed by atoms with Gasteiger partial charge in [0.2, 0.25) is 5.91 Å². The number of aromatic hydroxyl groups is 1. The van der Waals surface area contributed by atoms with Gasteiger partial charge in [-0.25, -0.2) is 0 Å². The number of carbonyl (C=O) groups is 1. The lowest BCUT2D eigenvalue weighted by Gasteiger charge is -2.27. The van der Waals surface area contributed by atoms with Gasteiger partial charge >= 0.3 is 0 Å². The lowest BCUT2D eigenvalue weighted by atomic mass is 9.89. The SMILES string of the molecule is CC(c1cc(Cl)ccc1O)N1CCC(C)(C(N)=O)C1. The van der Waals surface area contributed by atoms with Gasteiger partial charge in [0.15, 0.2) is 0 Å². The molecule has 1 heterocycles. The second kappa shape index (κ2) is 5.02. The fourth-order valence-electron chi connectivity index (χ4n) is 2.59. The first-order chi connectivity index (χ1) is 8.83. The number of likely N-dealkylation sites (tertiary alicyclic amines) is 1. The van der Waals surface area contributed by atoms with Gasteiger partial charge in [0.05, 0.1) is 5.41 Å². The standard InChI is InChI=1S/C14H19ClN2O2/c1-9(11-7-10(15)3-4-12(11)18)17-6-5-14(2,8-17)13(16)19/h3-4,7,9,18H,5-6,8H2,1-2H3,(H2,16,19). The molecule has 0 aliphatic carbocycles. The zero-order chi connectivity index (χ0) is 14.2. The van der Waals surface area contributed by atoms with Crippen LogP contribution in [0.5, 0.6) is 5.75 Å². The van der Waals surface area contributed by atoms with Crippen LogP contribution in [0.3, 0.4) is 0 Å². The molecule has 104 valence electrons. The summed E-state index contributed by atoms with van der Waals surface area (Å²) in [5.74, 6) is -0.0397. The van der Waals surface area contributed by atoms with Gasteiger partial charge in [-0.3, -0.25) is 9.69 Å². The van der Waals surface area contributed by atoms with Crippen molar-refractivity contribution in [2.75, 3.05) is 13.1 Å². The summed E-state index contributed by atoms with van der Waals surface area (Å²) in [4.78, 5) is 13.6. The fraction of sp³-hybridized carbons (Fsp3) is 0.500. The van der Waals surface area contributed by atoms with Crippen LogP contribution >= 0.6 is 11.6 Å². The maximum atomic E-state index is 11.5. The van der Waals surface area contributed by atoms with Crippen LogP contribution in [0.1, 0.15) is 31.9 Å². The highest BCUT2D eigenvalue weighted by atomic mass is 35.5. The van der Waals surface area contributed by atoms with Crippen molar-refractivity contribution in [2.45, 2.75) is 26.3 Å². The summed E-state index contributed by atoms with van der Waals surface area (Å²) in [6.45, 7) is 5.28. The Morgan fingerprint density at radius 3 is 2.84 bits per heavy atom. The molecule has 3 N–H and O–H groups in total. The quantitative estimate of drug-likeness (QED) is 0.894. The van der Waals surface area contributed by atoms with Crippen molar-refractivity contribution < 1.29 is 9.90 Å². The fourth-order valence-corrected chi connectivity index (χ4v) is 2.77. The molecule has 0 saturated carbocycles. The molecule has 0 radical (unpaired) electrons. The number of phenolic OH excluding ortho intramolecular Hbond substituents is 1. The van der Waals surface area contributed by atoms with Gasteiger partial charge in [-0.1, -0.05) is 11.6 Å². The van der Waals surface area contributed by atoms with E-state index in [9.17, 15) is 9.90 Å². The minimum absolute atomic E-state index is 0.000116. The molecule has 19 heavy (non-hydrogen) atoms. The minimum Gasteiger partial charge on any atom is -0.508 e. The van der Waals surface area contributed by atoms with Gasteiger partial charge in [-0.2, -0.15) is 0 Å². The molecule has 2 atom stereocenters. The molecule has 5 heteroatoms. The maximum absolute atomic E-state index is 11.5. The Bertz CT molecular complexity index is 506. The second-order valence-corrected chi connectivity index (χ2v) is 5.96. The van der Waals surface area contributed by atoms with Crippen LogP contribution in [0.2, 0.25) is 5.02 Å². The molecule has 1 aromatic carbocycles. The molecular formula is C14H19ClN2O2. The van der Waals surface area contributed by atoms with E-state index in [2.05, 4.69) is 4.90 Å². The van der Waals surface area contributed by atoms with Crippen LogP contribution < -0.4 is 5.73 Å². The number of primary amides is 1. The van der Waals surface area contributed by atoms with Crippen molar-refractivity contribution in [1.82, 2.24) is 4.90 Å². The maximum Gasteiger partial charge on any atom is 0.224 e. The van der Waals surface area contributed by atoms with E-state index in [1.807, 2.05) is 13.8 Å². The van der Waals surface area contributed by atoms with E-state index in [1.165, 1.54) is 0 Å². The number of hydrogen-bond donors (Lipinski definition) is 2. The Morgan fingerprint density at radius 1 is 1.58 bits per heavy atom. The van der Waals surface area contributed by atoms with E-state index in [4.69, 9.17) is 17.3 Å². The molecule has 0 aromatic heterocycles. The van der Waals surface area contributed by atoms with Crippen molar-refractivity contribution in [2.24, 2.45) is 11.1 Å². The Balaban J connectivity index is 2.20. The van der Waals surface area contributed by atoms with E-state index in [0.29, 0.717) is 11.6 Å². The summed E-state index contributed by atoms with van der Waals surface area (Å²) < 4.78 is 0. The summed E-state index contributed by atoms with van der Waals surface area (Å²) in [5, 5.41) is 10.5. The minimum atomic E-state index is -0.484. The Labute approximate surface area is 118 Å². The summed E-state index contributed by atoms with van der Waals surface area (Å²) in [6.07, 6.45) is 0.744. The van der Waals surface area contributed by atoms with E-state index < -0.39 is 5.41 Å². The van der Waals surface area contributed by atoms with Crippen LogP contribution in [0, 0.1) is 5.41 Å². The van der Waals surface area contributed by atoms with Gasteiger partial charge in [0.25, 0.3) is 0 Å². The highest BCUT2D eigenvalue weighted by molar-refractivity contribution is 6.30. The van der Waals surface area contributed by atoms with Crippen molar-refractivity contribution in [3.8, 4) is 5.75 Å². The summed E-state index contributed by atoms with van der Waals surface area (Å²) >= 11 is 5.97. The number of rotatable bonds is 3. The van der Waals surface area contributed by atoms with Crippen LogP contribution in [0.25, 0.3) is 0 Å². The molecule has 1 amide bonds. The van der Waals surface area contributed by atoms with Crippen molar-refractivity contribution in [3.05, 3.63) is 28.8 Å². The van der Waals surface area contributed by atoms with Gasteiger partial charge in [0.1, 0.15) is 5.75 Å². The van der Waals surface area contributed by atoms with Crippen molar-refractivity contribution in [1.29, 1.82) is 0 Å². The predicted octanol–water partition coefficient (Wildman–Crippen LogP) is 2.30. The zero-order valence-electron chi connectivity index (χ0n) is 11.2. The lowest BCUT2D eigenvalue weighted by molar-refractivity contribution is -0.126. The molecule has 2 unspecified atom stereocenters. The average Bonchev–Trinajstić information content (AvgIpc) is 2.76. The average molecular weight is 283 g/mol. The van der Waals surface area contributed by atoms with Crippen molar-refractivity contribution >= 4 is 17.5 Å². The van der Waals surface area contributed by atoms with E-state index >= 15 is 0 Å². The molecule has 2 rings (SSSR count). The van der Waals surface area contributed by atoms with Gasteiger partial charge in [0, 0.05) is 23.2 Å². The molecule has 1 aliphatic heterocycles. The Morgan fingerprint density at radius 2 is 2.26 bits per heavy atom. The molecule has 1 aromatic rings.